The van der Waals surface area contributed by atoms with Gasteiger partial charge in [-0.3, -0.25) is 0 Å². The van der Waals surface area contributed by atoms with Crippen LogP contribution in [0, 0.1) is 12.8 Å². The lowest BCUT2D eigenvalue weighted by Crippen LogP contribution is -2.41. The molecule has 1 aliphatic rings. The number of carbonyl (C=O) groups excluding carboxylic acids is 1. The van der Waals surface area contributed by atoms with Gasteiger partial charge in [-0.05, 0) is 64.0 Å². The highest BCUT2D eigenvalue weighted by molar-refractivity contribution is 5.68. The molecule has 1 fully saturated rings. The van der Waals surface area contributed by atoms with Gasteiger partial charge in [0.05, 0.1) is 6.10 Å². The Morgan fingerprint density at radius 1 is 1.30 bits per heavy atom. The minimum Gasteiger partial charge on any atom is -0.444 e. The van der Waals surface area contributed by atoms with Crippen molar-refractivity contribution in [3.05, 3.63) is 35.4 Å². The molecule has 0 saturated carbocycles. The fourth-order valence-electron chi connectivity index (χ4n) is 3.08. The molecule has 0 bridgehead atoms. The Bertz CT molecular complexity index is 528. The van der Waals surface area contributed by atoms with E-state index >= 15 is 0 Å². The summed E-state index contributed by atoms with van der Waals surface area (Å²) < 4.78 is 5.42. The smallest absolute Gasteiger partial charge is 0.410 e. The highest BCUT2D eigenvalue weighted by Crippen LogP contribution is 2.30. The number of nitrogens with zero attached hydrogens (tertiary/aromatic N) is 1. The van der Waals surface area contributed by atoms with Crippen LogP contribution in [0.1, 0.15) is 57.3 Å². The number of aliphatic hydroxyl groups is 1. The Kier molecular flexibility index (Phi) is 5.69. The summed E-state index contributed by atoms with van der Waals surface area (Å²) in [7, 11) is 0. The Labute approximate surface area is 139 Å². The fraction of sp³-hybridized carbons (Fsp3) is 0.632. The van der Waals surface area contributed by atoms with Gasteiger partial charge in [0.25, 0.3) is 0 Å². The quantitative estimate of drug-likeness (QED) is 0.914. The van der Waals surface area contributed by atoms with E-state index in [-0.39, 0.29) is 6.09 Å². The second-order valence-electron chi connectivity index (χ2n) is 7.52. The summed E-state index contributed by atoms with van der Waals surface area (Å²) in [5.74, 6) is 0.447. The number of hydrogen-bond donors (Lipinski definition) is 1. The third-order valence-corrected chi connectivity index (χ3v) is 4.37. The second kappa shape index (κ2) is 7.35. The van der Waals surface area contributed by atoms with Crippen molar-refractivity contribution in [1.29, 1.82) is 0 Å². The van der Waals surface area contributed by atoms with Crippen molar-refractivity contribution in [2.75, 3.05) is 13.1 Å². The molecule has 4 nitrogen and oxygen atoms in total. The van der Waals surface area contributed by atoms with Crippen LogP contribution in [0.3, 0.4) is 0 Å². The van der Waals surface area contributed by atoms with Gasteiger partial charge in [0.1, 0.15) is 5.60 Å². The number of hydrogen-bond acceptors (Lipinski definition) is 3. The zero-order valence-electron chi connectivity index (χ0n) is 14.7. The maximum absolute atomic E-state index is 12.1. The SMILES string of the molecule is Cc1ccccc1C(O)CC1CCN(C(=O)OC(C)(C)C)CC1. The highest BCUT2D eigenvalue weighted by atomic mass is 16.6. The molecule has 1 aliphatic heterocycles. The van der Waals surface area contributed by atoms with Crippen molar-refractivity contribution in [2.24, 2.45) is 5.92 Å². The number of aliphatic hydroxyl groups excluding tert-OH is 1. The molecule has 1 saturated heterocycles. The van der Waals surface area contributed by atoms with Gasteiger partial charge >= 0.3 is 6.09 Å². The van der Waals surface area contributed by atoms with E-state index in [0.717, 1.165) is 30.4 Å². The van der Waals surface area contributed by atoms with Gasteiger partial charge in [0.2, 0.25) is 0 Å². The third kappa shape index (κ3) is 5.24. The van der Waals surface area contributed by atoms with Crippen LogP contribution in [0.25, 0.3) is 0 Å². The molecule has 4 heteroatoms. The fourth-order valence-corrected chi connectivity index (χ4v) is 3.08. The van der Waals surface area contributed by atoms with E-state index in [0.29, 0.717) is 19.0 Å². The molecule has 1 aromatic rings. The third-order valence-electron chi connectivity index (χ3n) is 4.37. The average molecular weight is 319 g/mol. The van der Waals surface area contributed by atoms with E-state index in [1.165, 1.54) is 0 Å². The summed E-state index contributed by atoms with van der Waals surface area (Å²) >= 11 is 0. The van der Waals surface area contributed by atoms with Crippen molar-refractivity contribution >= 4 is 6.09 Å². The first-order valence-electron chi connectivity index (χ1n) is 8.48. The van der Waals surface area contributed by atoms with Crippen LogP contribution >= 0.6 is 0 Å². The van der Waals surface area contributed by atoms with Crippen LogP contribution in [0.4, 0.5) is 4.79 Å². The second-order valence-corrected chi connectivity index (χ2v) is 7.52. The van der Waals surface area contributed by atoms with Crippen LogP contribution < -0.4 is 0 Å². The molecule has 128 valence electrons. The number of benzene rings is 1. The molecule has 23 heavy (non-hydrogen) atoms. The van der Waals surface area contributed by atoms with Crippen molar-refractivity contribution in [3.8, 4) is 0 Å². The molecule has 0 aromatic heterocycles. The molecule has 1 N–H and O–H groups in total. The average Bonchev–Trinajstić information content (AvgIpc) is 2.46. The summed E-state index contributed by atoms with van der Waals surface area (Å²) in [4.78, 5) is 13.8. The summed E-state index contributed by atoms with van der Waals surface area (Å²) in [5, 5.41) is 10.5. The van der Waals surface area contributed by atoms with E-state index < -0.39 is 11.7 Å². The molecule has 0 radical (unpaired) electrons. The van der Waals surface area contributed by atoms with E-state index in [1.807, 2.05) is 52.0 Å². The van der Waals surface area contributed by atoms with Crippen LogP contribution in [-0.2, 0) is 4.74 Å². The topological polar surface area (TPSA) is 49.8 Å². The monoisotopic (exact) mass is 319 g/mol. The normalized spacial score (nSPS) is 17.9. The van der Waals surface area contributed by atoms with Gasteiger partial charge in [0, 0.05) is 13.1 Å². The first-order chi connectivity index (χ1) is 10.8. The minimum atomic E-state index is -0.449. The zero-order chi connectivity index (χ0) is 17.0. The number of ether oxygens (including phenoxy) is 1. The van der Waals surface area contributed by atoms with Gasteiger partial charge in [-0.15, -0.1) is 0 Å². The van der Waals surface area contributed by atoms with Crippen molar-refractivity contribution in [1.82, 2.24) is 4.90 Å². The standard InChI is InChI=1S/C19H29NO3/c1-14-7-5-6-8-16(14)17(21)13-15-9-11-20(12-10-15)18(22)23-19(2,3)4/h5-8,15,17,21H,9-13H2,1-4H3. The van der Waals surface area contributed by atoms with E-state index in [2.05, 4.69) is 0 Å². The number of likely N-dealkylation sites (tertiary alicyclic amines) is 1. The van der Waals surface area contributed by atoms with Gasteiger partial charge in [-0.1, -0.05) is 24.3 Å². The molecule has 0 spiro atoms. The largest absolute Gasteiger partial charge is 0.444 e. The maximum Gasteiger partial charge on any atom is 0.410 e. The lowest BCUT2D eigenvalue weighted by molar-refractivity contribution is 0.0161. The molecule has 1 heterocycles. The lowest BCUT2D eigenvalue weighted by atomic mass is 9.88. The first-order valence-corrected chi connectivity index (χ1v) is 8.48. The lowest BCUT2D eigenvalue weighted by Gasteiger charge is -2.34. The first kappa shape index (κ1) is 17.8. The Balaban J connectivity index is 1.83. The number of rotatable bonds is 3. The van der Waals surface area contributed by atoms with Gasteiger partial charge < -0.3 is 14.7 Å². The number of piperidine rings is 1. The molecular weight excluding hydrogens is 290 g/mol. The maximum atomic E-state index is 12.1. The Hall–Kier alpha value is -1.55. The van der Waals surface area contributed by atoms with Gasteiger partial charge in [-0.2, -0.15) is 0 Å². The van der Waals surface area contributed by atoms with E-state index in [4.69, 9.17) is 4.74 Å². The van der Waals surface area contributed by atoms with E-state index in [9.17, 15) is 9.90 Å². The number of amides is 1. The molecule has 1 aromatic carbocycles. The van der Waals surface area contributed by atoms with Crippen molar-refractivity contribution in [3.63, 3.8) is 0 Å². The minimum absolute atomic E-state index is 0.226. The molecule has 1 atom stereocenters. The summed E-state index contributed by atoms with van der Waals surface area (Å²) in [6.45, 7) is 9.10. The van der Waals surface area contributed by atoms with Crippen molar-refractivity contribution < 1.29 is 14.6 Å². The molecule has 2 rings (SSSR count). The Morgan fingerprint density at radius 3 is 2.48 bits per heavy atom. The van der Waals surface area contributed by atoms with Gasteiger partial charge in [-0.25, -0.2) is 4.79 Å². The summed E-state index contributed by atoms with van der Waals surface area (Å²) in [6, 6.07) is 7.99. The molecule has 0 aliphatic carbocycles. The van der Waals surface area contributed by atoms with Gasteiger partial charge in [0.15, 0.2) is 0 Å². The van der Waals surface area contributed by atoms with E-state index in [1.54, 1.807) is 4.90 Å². The van der Waals surface area contributed by atoms with Crippen LogP contribution in [0.5, 0.6) is 0 Å². The number of carbonyl (C=O) groups is 1. The van der Waals surface area contributed by atoms with Crippen molar-refractivity contribution in [2.45, 2.75) is 58.7 Å². The summed E-state index contributed by atoms with van der Waals surface area (Å²) in [5.41, 5.74) is 1.70. The summed E-state index contributed by atoms with van der Waals surface area (Å²) in [6.07, 6.45) is 1.95. The predicted molar refractivity (Wildman–Crippen MR) is 91.3 cm³/mol. The zero-order valence-corrected chi connectivity index (χ0v) is 14.7. The predicted octanol–water partition coefficient (Wildman–Crippen LogP) is 4.07. The highest BCUT2D eigenvalue weighted by Gasteiger charge is 2.28. The molecular formula is C19H29NO3. The molecule has 1 amide bonds. The van der Waals surface area contributed by atoms with Crippen LogP contribution in [0.2, 0.25) is 0 Å². The number of aryl methyl sites for hydroxylation is 1. The molecule has 1 unspecified atom stereocenters. The Morgan fingerprint density at radius 2 is 1.91 bits per heavy atom. The van der Waals surface area contributed by atoms with Crippen LogP contribution in [0.15, 0.2) is 24.3 Å². The van der Waals surface area contributed by atoms with Crippen LogP contribution in [-0.4, -0.2) is 34.8 Å².